The number of aromatic nitrogens is 4. The van der Waals surface area contributed by atoms with Gasteiger partial charge in [-0.1, -0.05) is 29.5 Å². The van der Waals surface area contributed by atoms with Gasteiger partial charge in [0.1, 0.15) is 27.8 Å². The van der Waals surface area contributed by atoms with Crippen LogP contribution in [0.5, 0.6) is 0 Å². The number of hydrogen-bond acceptors (Lipinski definition) is 10. The average Bonchev–Trinajstić information content (AvgIpc) is 3.42. The quantitative estimate of drug-likeness (QED) is 0.201. The molecule has 0 spiro atoms. The Labute approximate surface area is 260 Å². The number of halogens is 3. The topological polar surface area (TPSA) is 119 Å². The molecule has 1 amide bonds. The van der Waals surface area contributed by atoms with Crippen molar-refractivity contribution in [1.29, 1.82) is 0 Å². The summed E-state index contributed by atoms with van der Waals surface area (Å²) in [4.78, 5) is 36.6. The molecule has 10 nitrogen and oxygen atoms in total. The number of hydrogen-bond donors (Lipinski definition) is 3. The molecule has 232 valence electrons. The van der Waals surface area contributed by atoms with Crippen molar-refractivity contribution in [2.24, 2.45) is 0 Å². The van der Waals surface area contributed by atoms with Crippen molar-refractivity contribution < 1.29 is 23.1 Å². The van der Waals surface area contributed by atoms with Crippen LogP contribution >= 0.6 is 11.3 Å². The van der Waals surface area contributed by atoms with Crippen molar-refractivity contribution in [3.05, 3.63) is 83.7 Å². The van der Waals surface area contributed by atoms with Gasteiger partial charge in [0.2, 0.25) is 0 Å². The Morgan fingerprint density at radius 3 is 2.53 bits per heavy atom. The number of aliphatic hydroxyl groups excluding tert-OH is 1. The molecule has 45 heavy (non-hydrogen) atoms. The van der Waals surface area contributed by atoms with Crippen LogP contribution in [0.2, 0.25) is 0 Å². The number of alkyl halides is 3. The number of pyridine rings is 1. The van der Waals surface area contributed by atoms with Gasteiger partial charge < -0.3 is 20.6 Å². The number of benzene rings is 2. The zero-order chi connectivity index (χ0) is 31.6. The molecule has 3 N–H and O–H groups in total. The van der Waals surface area contributed by atoms with E-state index in [1.165, 1.54) is 23.5 Å². The number of anilines is 4. The van der Waals surface area contributed by atoms with E-state index in [2.05, 4.69) is 35.4 Å². The van der Waals surface area contributed by atoms with Crippen molar-refractivity contribution in [3.63, 3.8) is 0 Å². The Morgan fingerprint density at radius 2 is 1.76 bits per heavy atom. The highest BCUT2D eigenvalue weighted by Crippen LogP contribution is 2.32. The van der Waals surface area contributed by atoms with Crippen LogP contribution in [0.15, 0.2) is 66.7 Å². The van der Waals surface area contributed by atoms with Crippen molar-refractivity contribution in [1.82, 2.24) is 24.8 Å². The smallest absolute Gasteiger partial charge is 0.395 e. The zero-order valence-electron chi connectivity index (χ0n) is 24.2. The average molecular weight is 635 g/mol. The van der Waals surface area contributed by atoms with Crippen LogP contribution in [0.4, 0.5) is 35.6 Å². The number of piperazine rings is 1. The van der Waals surface area contributed by atoms with E-state index in [0.717, 1.165) is 44.1 Å². The third kappa shape index (κ3) is 7.19. The molecule has 14 heteroatoms. The number of nitrogens with one attached hydrogen (secondary N) is 2. The van der Waals surface area contributed by atoms with E-state index in [0.29, 0.717) is 44.9 Å². The summed E-state index contributed by atoms with van der Waals surface area (Å²) in [6.07, 6.45) is -4.51. The fraction of sp³-hybridized carbons (Fsp3) is 0.258. The third-order valence-corrected chi connectivity index (χ3v) is 8.18. The van der Waals surface area contributed by atoms with Crippen molar-refractivity contribution >= 4 is 50.0 Å². The van der Waals surface area contributed by atoms with E-state index in [1.807, 2.05) is 25.1 Å². The monoisotopic (exact) mass is 634 g/mol. The fourth-order valence-electron chi connectivity index (χ4n) is 5.06. The standard InChI is InChI=1S/C31H29F3N8O2S/c1-19-35-26(18-27(36-19)42-12-10-41(11-13-42)14-15-43)40-30-39-25-9-8-24(38-29(25)45-30)20-4-2-5-21(16-20)28(44)37-23-7-3-6-22(17-23)31(32,33)34/h2-9,16-18,43H,10-15H2,1H3,(H,37,44)(H,35,36,39,40). The molecule has 2 aromatic carbocycles. The lowest BCUT2D eigenvalue weighted by Crippen LogP contribution is -2.47. The van der Waals surface area contributed by atoms with E-state index in [4.69, 9.17) is 4.98 Å². The maximum atomic E-state index is 13.1. The maximum absolute atomic E-state index is 13.1. The molecule has 0 saturated carbocycles. The van der Waals surface area contributed by atoms with Crippen LogP contribution in [-0.2, 0) is 6.18 Å². The minimum Gasteiger partial charge on any atom is -0.395 e. The Morgan fingerprint density at radius 1 is 0.956 bits per heavy atom. The van der Waals surface area contributed by atoms with Crippen LogP contribution in [0.25, 0.3) is 21.6 Å². The number of aliphatic hydroxyl groups is 1. The molecule has 0 unspecified atom stereocenters. The third-order valence-electron chi connectivity index (χ3n) is 7.30. The predicted molar refractivity (Wildman–Crippen MR) is 168 cm³/mol. The largest absolute Gasteiger partial charge is 0.416 e. The number of aryl methyl sites for hydroxylation is 1. The number of β-amino-alcohol motifs (C(OH)–C–C–N with tert-alkyl or cyclic N) is 1. The lowest BCUT2D eigenvalue weighted by Gasteiger charge is -2.35. The molecule has 3 aromatic heterocycles. The van der Waals surface area contributed by atoms with Crippen molar-refractivity contribution in [2.45, 2.75) is 13.1 Å². The highest BCUT2D eigenvalue weighted by molar-refractivity contribution is 7.21. The zero-order valence-corrected chi connectivity index (χ0v) is 25.0. The highest BCUT2D eigenvalue weighted by Gasteiger charge is 2.30. The lowest BCUT2D eigenvalue weighted by molar-refractivity contribution is -0.137. The summed E-state index contributed by atoms with van der Waals surface area (Å²) in [6, 6.07) is 16.8. The SMILES string of the molecule is Cc1nc(Nc2nc3ccc(-c4cccc(C(=O)Nc5cccc(C(F)(F)F)c5)c4)nc3s2)cc(N2CCN(CCO)CC2)n1. The Hall–Kier alpha value is -4.66. The number of carbonyl (C=O) groups excluding carboxylic acids is 1. The Kier molecular flexibility index (Phi) is 8.61. The maximum Gasteiger partial charge on any atom is 0.416 e. The van der Waals surface area contributed by atoms with E-state index in [-0.39, 0.29) is 17.9 Å². The van der Waals surface area contributed by atoms with Gasteiger partial charge in [-0.15, -0.1) is 0 Å². The minimum atomic E-state index is -4.51. The first-order valence-corrected chi connectivity index (χ1v) is 15.0. The Balaban J connectivity index is 1.17. The number of rotatable bonds is 8. The minimum absolute atomic E-state index is 0.0519. The van der Waals surface area contributed by atoms with Gasteiger partial charge in [-0.25, -0.2) is 19.9 Å². The Bertz CT molecular complexity index is 1840. The molecule has 6 rings (SSSR count). The summed E-state index contributed by atoms with van der Waals surface area (Å²) in [7, 11) is 0. The molecule has 0 radical (unpaired) electrons. The molecule has 1 aliphatic heterocycles. The first-order valence-electron chi connectivity index (χ1n) is 14.2. The van der Waals surface area contributed by atoms with E-state index in [1.54, 1.807) is 24.3 Å². The summed E-state index contributed by atoms with van der Waals surface area (Å²) in [6.45, 7) is 5.96. The molecule has 4 heterocycles. The van der Waals surface area contributed by atoms with Crippen LogP contribution in [0.1, 0.15) is 21.7 Å². The van der Waals surface area contributed by atoms with Gasteiger partial charge in [-0.3, -0.25) is 9.69 Å². The first kappa shape index (κ1) is 30.4. The van der Waals surface area contributed by atoms with Crippen molar-refractivity contribution in [2.75, 3.05) is 54.9 Å². The molecule has 1 aliphatic rings. The second-order valence-electron chi connectivity index (χ2n) is 10.5. The summed E-state index contributed by atoms with van der Waals surface area (Å²) < 4.78 is 39.2. The van der Waals surface area contributed by atoms with Crippen LogP contribution in [0, 0.1) is 6.92 Å². The van der Waals surface area contributed by atoms with Gasteiger partial charge >= 0.3 is 6.18 Å². The van der Waals surface area contributed by atoms with Gasteiger partial charge in [0.25, 0.3) is 5.91 Å². The molecule has 0 atom stereocenters. The van der Waals surface area contributed by atoms with Gasteiger partial charge in [-0.05, 0) is 49.4 Å². The first-order chi connectivity index (χ1) is 21.6. The van der Waals surface area contributed by atoms with Gasteiger partial charge in [0, 0.05) is 55.6 Å². The lowest BCUT2D eigenvalue weighted by atomic mass is 10.1. The fourth-order valence-corrected chi connectivity index (χ4v) is 5.90. The molecule has 1 fully saturated rings. The summed E-state index contributed by atoms with van der Waals surface area (Å²) in [5.41, 5.74) is 1.47. The molecule has 0 bridgehead atoms. The molecule has 0 aliphatic carbocycles. The van der Waals surface area contributed by atoms with Gasteiger partial charge in [-0.2, -0.15) is 13.2 Å². The molecular weight excluding hydrogens is 605 g/mol. The van der Waals surface area contributed by atoms with Crippen LogP contribution in [0.3, 0.4) is 0 Å². The summed E-state index contributed by atoms with van der Waals surface area (Å²) >= 11 is 1.36. The highest BCUT2D eigenvalue weighted by atomic mass is 32.1. The second-order valence-corrected chi connectivity index (χ2v) is 11.5. The predicted octanol–water partition coefficient (Wildman–Crippen LogP) is 5.59. The normalized spacial score (nSPS) is 14.1. The molecule has 1 saturated heterocycles. The number of fused-ring (bicyclic) bond motifs is 1. The number of carbonyl (C=O) groups is 1. The van der Waals surface area contributed by atoms with E-state index >= 15 is 0 Å². The molecular formula is C31H29F3N8O2S. The van der Waals surface area contributed by atoms with E-state index < -0.39 is 17.6 Å². The van der Waals surface area contributed by atoms with Gasteiger partial charge in [0.05, 0.1) is 17.9 Å². The van der Waals surface area contributed by atoms with E-state index in [9.17, 15) is 23.1 Å². The van der Waals surface area contributed by atoms with Crippen LogP contribution in [-0.4, -0.2) is 75.2 Å². The summed E-state index contributed by atoms with van der Waals surface area (Å²) in [5, 5.41) is 15.6. The van der Waals surface area contributed by atoms with Gasteiger partial charge in [0.15, 0.2) is 5.13 Å². The second kappa shape index (κ2) is 12.8. The number of nitrogens with zero attached hydrogens (tertiary/aromatic N) is 6. The number of amides is 1. The van der Waals surface area contributed by atoms with Crippen molar-refractivity contribution in [3.8, 4) is 11.3 Å². The summed E-state index contributed by atoms with van der Waals surface area (Å²) in [5.74, 6) is 1.54. The molecule has 5 aromatic rings. The number of thiazole rings is 1. The van der Waals surface area contributed by atoms with Crippen LogP contribution < -0.4 is 15.5 Å².